The summed E-state index contributed by atoms with van der Waals surface area (Å²) in [6, 6.07) is 5.06. The number of nitrogens with zero attached hydrogens (tertiary/aromatic N) is 1. The van der Waals surface area contributed by atoms with E-state index in [1.807, 2.05) is 6.92 Å². The number of esters is 1. The highest BCUT2D eigenvalue weighted by Crippen LogP contribution is 2.31. The number of hydrogen-bond donors (Lipinski definition) is 2. The summed E-state index contributed by atoms with van der Waals surface area (Å²) in [5.74, 6) is -2.74. The average molecular weight is 478 g/mol. The lowest BCUT2D eigenvalue weighted by Gasteiger charge is -2.34. The third-order valence-corrected chi connectivity index (χ3v) is 6.35. The zero-order chi connectivity index (χ0) is 25.5. The standard InChI is InChI=1S/C26H36FNO6/c1-16-9-10-21(20(27)14-19-8-6-7-12-28-19)34-23(30)15-22(29)26(4,5)25(32)17(2)24(31)18(3)33-13-11-16/h6-9,12,14,17-18,21-22,24,29,31H,10-11,13,15H2,1-5H3/b16-9-,20-14-/t17-,18-,21+,22+,24+/m1/s1. The van der Waals surface area contributed by atoms with Gasteiger partial charge in [0.25, 0.3) is 0 Å². The molecule has 0 amide bonds. The van der Waals surface area contributed by atoms with Crippen molar-refractivity contribution in [3.63, 3.8) is 0 Å². The Morgan fingerprint density at radius 2 is 1.94 bits per heavy atom. The van der Waals surface area contributed by atoms with Gasteiger partial charge in [0.05, 0.1) is 42.4 Å². The summed E-state index contributed by atoms with van der Waals surface area (Å²) in [5, 5.41) is 21.3. The van der Waals surface area contributed by atoms with Crippen molar-refractivity contribution in [2.75, 3.05) is 6.61 Å². The Bertz CT molecular complexity index is 898. The third-order valence-electron chi connectivity index (χ3n) is 6.35. The van der Waals surface area contributed by atoms with E-state index in [0.717, 1.165) is 5.57 Å². The van der Waals surface area contributed by atoms with Crippen molar-refractivity contribution >= 4 is 17.8 Å². The number of ketones is 1. The van der Waals surface area contributed by atoms with Gasteiger partial charge in [-0.2, -0.15) is 0 Å². The minimum absolute atomic E-state index is 0.0837. The summed E-state index contributed by atoms with van der Waals surface area (Å²) in [6.45, 7) is 8.43. The van der Waals surface area contributed by atoms with Crippen LogP contribution < -0.4 is 0 Å². The van der Waals surface area contributed by atoms with Crippen LogP contribution in [0.2, 0.25) is 0 Å². The number of pyridine rings is 1. The fourth-order valence-electron chi connectivity index (χ4n) is 3.76. The molecule has 2 rings (SSSR count). The van der Waals surface area contributed by atoms with Crippen LogP contribution in [0.3, 0.4) is 0 Å². The number of halogens is 1. The molecule has 0 bridgehead atoms. The Morgan fingerprint density at radius 1 is 1.24 bits per heavy atom. The highest BCUT2D eigenvalue weighted by molar-refractivity contribution is 5.88. The third kappa shape index (κ3) is 7.55. The lowest BCUT2D eigenvalue weighted by atomic mass is 9.74. The quantitative estimate of drug-likeness (QED) is 0.493. The normalized spacial score (nSPS) is 31.9. The van der Waals surface area contributed by atoms with Crippen molar-refractivity contribution in [1.82, 2.24) is 4.98 Å². The van der Waals surface area contributed by atoms with E-state index >= 15 is 4.39 Å². The number of carbonyl (C=O) groups is 2. The van der Waals surface area contributed by atoms with E-state index in [0.29, 0.717) is 18.7 Å². The lowest BCUT2D eigenvalue weighted by Crippen LogP contribution is -2.47. The molecule has 2 heterocycles. The van der Waals surface area contributed by atoms with Gasteiger partial charge in [-0.05, 0) is 38.5 Å². The van der Waals surface area contributed by atoms with E-state index in [1.54, 1.807) is 38.1 Å². The van der Waals surface area contributed by atoms with Gasteiger partial charge < -0.3 is 19.7 Å². The maximum atomic E-state index is 15.1. The highest BCUT2D eigenvalue weighted by atomic mass is 19.1. The maximum Gasteiger partial charge on any atom is 0.309 e. The second kappa shape index (κ2) is 12.3. The largest absolute Gasteiger partial charge is 0.455 e. The summed E-state index contributed by atoms with van der Waals surface area (Å²) >= 11 is 0. The molecule has 1 aromatic heterocycles. The van der Waals surface area contributed by atoms with Crippen LogP contribution in [-0.4, -0.2) is 58.0 Å². The fourth-order valence-corrected chi connectivity index (χ4v) is 3.76. The van der Waals surface area contributed by atoms with Gasteiger partial charge in [-0.1, -0.05) is 38.5 Å². The second-order valence-electron chi connectivity index (χ2n) is 9.46. The Hall–Kier alpha value is -2.42. The second-order valence-corrected chi connectivity index (χ2v) is 9.46. The van der Waals surface area contributed by atoms with Crippen LogP contribution in [0, 0.1) is 11.3 Å². The smallest absolute Gasteiger partial charge is 0.309 e. The predicted molar refractivity (Wildman–Crippen MR) is 126 cm³/mol. The van der Waals surface area contributed by atoms with Crippen molar-refractivity contribution in [1.29, 1.82) is 0 Å². The first kappa shape index (κ1) is 27.8. The topological polar surface area (TPSA) is 106 Å². The highest BCUT2D eigenvalue weighted by Gasteiger charge is 2.42. The molecule has 0 saturated heterocycles. The summed E-state index contributed by atoms with van der Waals surface area (Å²) in [6.07, 6.45) is 0.352. The molecule has 1 aliphatic heterocycles. The van der Waals surface area contributed by atoms with Gasteiger partial charge in [-0.3, -0.25) is 14.6 Å². The molecule has 5 atom stereocenters. The Morgan fingerprint density at radius 3 is 2.59 bits per heavy atom. The molecular formula is C26H36FNO6. The molecule has 0 fully saturated rings. The van der Waals surface area contributed by atoms with Crippen molar-refractivity contribution < 1.29 is 33.7 Å². The number of ether oxygens (including phenoxy) is 2. The number of carbonyl (C=O) groups excluding carboxylic acids is 2. The number of aromatic nitrogens is 1. The summed E-state index contributed by atoms with van der Waals surface area (Å²) in [5.41, 5.74) is -0.0683. The SMILES string of the molecule is C/C1=C/C[C@@H](/C(F)=C/c2ccccn2)OC(=O)C[C@H](O)C(C)(C)C(=O)[C@H](C)[C@H](O)[C@@H](C)OCC1. The molecular weight excluding hydrogens is 441 g/mol. The molecule has 0 spiro atoms. The monoisotopic (exact) mass is 477 g/mol. The first-order valence-electron chi connectivity index (χ1n) is 11.6. The predicted octanol–water partition coefficient (Wildman–Crippen LogP) is 3.79. The van der Waals surface area contributed by atoms with Gasteiger partial charge in [0, 0.05) is 18.5 Å². The number of aliphatic hydroxyl groups is 2. The summed E-state index contributed by atoms with van der Waals surface area (Å²) in [4.78, 5) is 29.7. The molecule has 1 aliphatic rings. The number of aliphatic hydroxyl groups excluding tert-OH is 2. The van der Waals surface area contributed by atoms with E-state index in [9.17, 15) is 19.8 Å². The maximum absolute atomic E-state index is 15.1. The first-order chi connectivity index (χ1) is 15.9. The fraction of sp³-hybridized carbons (Fsp3) is 0.577. The number of Topliss-reactive ketones (excluding diaryl/α,β-unsaturated/α-hetero) is 1. The van der Waals surface area contributed by atoms with Gasteiger partial charge in [-0.15, -0.1) is 0 Å². The van der Waals surface area contributed by atoms with Crippen LogP contribution in [-0.2, 0) is 19.1 Å². The lowest BCUT2D eigenvalue weighted by molar-refractivity contribution is -0.155. The molecule has 0 saturated carbocycles. The van der Waals surface area contributed by atoms with Crippen molar-refractivity contribution in [2.24, 2.45) is 11.3 Å². The molecule has 1 aromatic rings. The van der Waals surface area contributed by atoms with Crippen LogP contribution >= 0.6 is 0 Å². The molecule has 34 heavy (non-hydrogen) atoms. The van der Waals surface area contributed by atoms with Gasteiger partial charge >= 0.3 is 5.97 Å². The molecule has 188 valence electrons. The number of cyclic esters (lactones) is 1. The molecule has 7 nitrogen and oxygen atoms in total. The van der Waals surface area contributed by atoms with Crippen LogP contribution in [0.15, 0.2) is 41.9 Å². The minimum Gasteiger partial charge on any atom is -0.455 e. The molecule has 2 N–H and O–H groups in total. The van der Waals surface area contributed by atoms with Gasteiger partial charge in [0.15, 0.2) is 6.10 Å². The number of rotatable bonds is 2. The van der Waals surface area contributed by atoms with Crippen LogP contribution in [0.25, 0.3) is 6.08 Å². The molecule has 0 unspecified atom stereocenters. The van der Waals surface area contributed by atoms with Crippen LogP contribution in [0.1, 0.15) is 59.6 Å². The van der Waals surface area contributed by atoms with Crippen molar-refractivity contribution in [3.05, 3.63) is 47.6 Å². The van der Waals surface area contributed by atoms with Gasteiger partial charge in [0.1, 0.15) is 11.6 Å². The van der Waals surface area contributed by atoms with E-state index in [2.05, 4.69) is 4.98 Å². The summed E-state index contributed by atoms with van der Waals surface area (Å²) in [7, 11) is 0. The van der Waals surface area contributed by atoms with Gasteiger partial charge in [-0.25, -0.2) is 4.39 Å². The first-order valence-corrected chi connectivity index (χ1v) is 11.6. The molecule has 8 heteroatoms. The Balaban J connectivity index is 2.33. The van der Waals surface area contributed by atoms with Crippen LogP contribution in [0.5, 0.6) is 0 Å². The van der Waals surface area contributed by atoms with E-state index < -0.39 is 59.7 Å². The summed E-state index contributed by atoms with van der Waals surface area (Å²) < 4.78 is 26.2. The van der Waals surface area contributed by atoms with E-state index in [-0.39, 0.29) is 6.42 Å². The molecule has 0 radical (unpaired) electrons. The Kier molecular flexibility index (Phi) is 10.1. The van der Waals surface area contributed by atoms with E-state index in [4.69, 9.17) is 9.47 Å². The van der Waals surface area contributed by atoms with Crippen LogP contribution in [0.4, 0.5) is 4.39 Å². The zero-order valence-corrected chi connectivity index (χ0v) is 20.5. The minimum atomic E-state index is -1.38. The molecule has 0 aliphatic carbocycles. The molecule has 0 aromatic carbocycles. The average Bonchev–Trinajstić information content (AvgIpc) is 2.79. The van der Waals surface area contributed by atoms with Crippen molar-refractivity contribution in [3.8, 4) is 0 Å². The Labute approximate surface area is 200 Å². The van der Waals surface area contributed by atoms with E-state index in [1.165, 1.54) is 26.1 Å². The van der Waals surface area contributed by atoms with Crippen molar-refractivity contribution in [2.45, 2.75) is 78.3 Å². The van der Waals surface area contributed by atoms with Gasteiger partial charge in [0.2, 0.25) is 0 Å². The number of hydrogen-bond acceptors (Lipinski definition) is 7. The zero-order valence-electron chi connectivity index (χ0n) is 20.5.